The molecule has 0 atom stereocenters. The zero-order valence-electron chi connectivity index (χ0n) is 14.8. The molecular formula is C22H18N2O3. The lowest BCUT2D eigenvalue weighted by Crippen LogP contribution is -2.19. The number of ether oxygens (including phenoxy) is 2. The molecule has 0 aromatic heterocycles. The van der Waals surface area contributed by atoms with Crippen molar-refractivity contribution < 1.29 is 14.3 Å². The van der Waals surface area contributed by atoms with Crippen molar-refractivity contribution in [2.24, 2.45) is 5.10 Å². The molecule has 3 aromatic carbocycles. The predicted octanol–water partition coefficient (Wildman–Crippen LogP) is 4.24. The quantitative estimate of drug-likeness (QED) is 0.561. The number of hydrogen-bond acceptors (Lipinski definition) is 4. The second-order valence-corrected chi connectivity index (χ2v) is 6.15. The lowest BCUT2D eigenvalue weighted by atomic mass is 10.0. The average molecular weight is 358 g/mol. The Kier molecular flexibility index (Phi) is 4.58. The third kappa shape index (κ3) is 3.67. The number of hydrogen-bond donors (Lipinski definition) is 1. The van der Waals surface area contributed by atoms with Crippen LogP contribution in [0.4, 0.5) is 0 Å². The molecule has 1 aliphatic heterocycles. The maximum Gasteiger partial charge on any atom is 0.271 e. The third-order valence-corrected chi connectivity index (χ3v) is 4.37. The van der Waals surface area contributed by atoms with E-state index in [-0.39, 0.29) is 12.7 Å². The number of amides is 1. The molecule has 0 radical (unpaired) electrons. The fourth-order valence-electron chi connectivity index (χ4n) is 2.83. The first-order chi connectivity index (χ1) is 13.2. The van der Waals surface area contributed by atoms with Gasteiger partial charge >= 0.3 is 0 Å². The van der Waals surface area contributed by atoms with Crippen LogP contribution in [0.3, 0.4) is 0 Å². The summed E-state index contributed by atoms with van der Waals surface area (Å²) >= 11 is 0. The van der Waals surface area contributed by atoms with Gasteiger partial charge in [0.2, 0.25) is 6.79 Å². The van der Waals surface area contributed by atoms with Crippen LogP contribution in [-0.4, -0.2) is 18.4 Å². The molecule has 0 fully saturated rings. The Morgan fingerprint density at radius 1 is 0.852 bits per heavy atom. The first-order valence-corrected chi connectivity index (χ1v) is 8.61. The van der Waals surface area contributed by atoms with Crippen LogP contribution in [0.1, 0.15) is 22.8 Å². The fraction of sp³-hybridized carbons (Fsp3) is 0.0909. The molecule has 1 heterocycles. The highest BCUT2D eigenvalue weighted by molar-refractivity contribution is 6.01. The lowest BCUT2D eigenvalue weighted by molar-refractivity contribution is 0.0955. The molecule has 0 saturated heterocycles. The van der Waals surface area contributed by atoms with Crippen LogP contribution in [0.5, 0.6) is 11.5 Å². The largest absolute Gasteiger partial charge is 0.454 e. The number of nitrogens with one attached hydrogen (secondary N) is 1. The highest BCUT2D eigenvalue weighted by Crippen LogP contribution is 2.32. The van der Waals surface area contributed by atoms with Gasteiger partial charge in [0.15, 0.2) is 11.5 Å². The van der Waals surface area contributed by atoms with E-state index in [1.54, 1.807) is 12.1 Å². The Bertz CT molecular complexity index is 996. The maximum atomic E-state index is 12.4. The van der Waals surface area contributed by atoms with Gasteiger partial charge in [0, 0.05) is 11.1 Å². The molecule has 134 valence electrons. The van der Waals surface area contributed by atoms with Gasteiger partial charge in [0.1, 0.15) is 0 Å². The number of benzene rings is 3. The molecule has 0 bridgehead atoms. The molecule has 1 N–H and O–H groups in total. The fourth-order valence-corrected chi connectivity index (χ4v) is 2.83. The van der Waals surface area contributed by atoms with Crippen molar-refractivity contribution in [1.29, 1.82) is 0 Å². The lowest BCUT2D eigenvalue weighted by Gasteiger charge is -2.06. The van der Waals surface area contributed by atoms with Gasteiger partial charge in [-0.3, -0.25) is 4.79 Å². The van der Waals surface area contributed by atoms with Crippen LogP contribution >= 0.6 is 0 Å². The minimum absolute atomic E-state index is 0.227. The minimum Gasteiger partial charge on any atom is -0.454 e. The van der Waals surface area contributed by atoms with E-state index in [9.17, 15) is 4.79 Å². The zero-order valence-corrected chi connectivity index (χ0v) is 14.8. The predicted molar refractivity (Wildman–Crippen MR) is 104 cm³/mol. The first-order valence-electron chi connectivity index (χ1n) is 8.61. The first kappa shape index (κ1) is 16.8. The van der Waals surface area contributed by atoms with Gasteiger partial charge in [-0.15, -0.1) is 0 Å². The third-order valence-electron chi connectivity index (χ3n) is 4.37. The molecule has 5 heteroatoms. The molecule has 4 rings (SSSR count). The number of carbonyl (C=O) groups excluding carboxylic acids is 1. The molecule has 3 aromatic rings. The maximum absolute atomic E-state index is 12.4. The molecule has 27 heavy (non-hydrogen) atoms. The van der Waals surface area contributed by atoms with Crippen LogP contribution in [0, 0.1) is 0 Å². The summed E-state index contributed by atoms with van der Waals surface area (Å²) in [5.41, 5.74) is 6.87. The monoisotopic (exact) mass is 358 g/mol. The number of nitrogens with zero attached hydrogens (tertiary/aromatic N) is 1. The van der Waals surface area contributed by atoms with Crippen LogP contribution < -0.4 is 14.9 Å². The smallest absolute Gasteiger partial charge is 0.271 e. The van der Waals surface area contributed by atoms with E-state index in [1.165, 1.54) is 0 Å². The summed E-state index contributed by atoms with van der Waals surface area (Å²) in [5.74, 6) is 1.15. The van der Waals surface area contributed by atoms with E-state index >= 15 is 0 Å². The van der Waals surface area contributed by atoms with Crippen molar-refractivity contribution in [3.8, 4) is 22.6 Å². The van der Waals surface area contributed by atoms with Gasteiger partial charge in [-0.25, -0.2) is 5.43 Å². The van der Waals surface area contributed by atoms with Crippen LogP contribution in [-0.2, 0) is 0 Å². The van der Waals surface area contributed by atoms with E-state index in [2.05, 4.69) is 10.5 Å². The summed E-state index contributed by atoms with van der Waals surface area (Å²) in [6, 6.07) is 23.0. The molecule has 0 spiro atoms. The molecule has 5 nitrogen and oxygen atoms in total. The molecule has 0 saturated carbocycles. The van der Waals surface area contributed by atoms with Crippen molar-refractivity contribution in [3.05, 3.63) is 83.9 Å². The van der Waals surface area contributed by atoms with Crippen molar-refractivity contribution in [1.82, 2.24) is 5.43 Å². The molecule has 1 amide bonds. The van der Waals surface area contributed by atoms with Crippen molar-refractivity contribution >= 4 is 11.6 Å². The zero-order chi connectivity index (χ0) is 18.6. The molecule has 0 unspecified atom stereocenters. The van der Waals surface area contributed by atoms with Gasteiger partial charge < -0.3 is 9.47 Å². The second-order valence-electron chi connectivity index (χ2n) is 6.15. The van der Waals surface area contributed by atoms with Crippen LogP contribution in [0.15, 0.2) is 77.9 Å². The molecule has 0 aliphatic carbocycles. The normalized spacial score (nSPS) is 12.7. The van der Waals surface area contributed by atoms with Crippen molar-refractivity contribution in [3.63, 3.8) is 0 Å². The summed E-state index contributed by atoms with van der Waals surface area (Å²) in [5, 5.41) is 4.20. The van der Waals surface area contributed by atoms with Crippen molar-refractivity contribution in [2.45, 2.75) is 6.92 Å². The Hall–Kier alpha value is -3.60. The van der Waals surface area contributed by atoms with Gasteiger partial charge in [-0.05, 0) is 48.4 Å². The van der Waals surface area contributed by atoms with Crippen LogP contribution in [0.25, 0.3) is 11.1 Å². The van der Waals surface area contributed by atoms with Gasteiger partial charge in [0.05, 0.1) is 5.71 Å². The molecular weight excluding hydrogens is 340 g/mol. The van der Waals surface area contributed by atoms with E-state index in [0.29, 0.717) is 22.8 Å². The van der Waals surface area contributed by atoms with E-state index in [1.807, 2.05) is 67.6 Å². The summed E-state index contributed by atoms with van der Waals surface area (Å²) in [7, 11) is 0. The van der Waals surface area contributed by atoms with E-state index < -0.39 is 0 Å². The van der Waals surface area contributed by atoms with E-state index in [0.717, 1.165) is 16.7 Å². The minimum atomic E-state index is -0.255. The average Bonchev–Trinajstić information content (AvgIpc) is 3.20. The van der Waals surface area contributed by atoms with Gasteiger partial charge in [-0.1, -0.05) is 42.5 Å². The Morgan fingerprint density at radius 2 is 1.52 bits per heavy atom. The number of carbonyl (C=O) groups is 1. The topological polar surface area (TPSA) is 59.9 Å². The Morgan fingerprint density at radius 3 is 2.30 bits per heavy atom. The molecule has 1 aliphatic rings. The standard InChI is InChI=1S/C22H18N2O3/c1-15(19-11-12-20-21(13-19)27-14-26-20)23-24-22(25)18-9-7-17(8-10-18)16-5-3-2-4-6-16/h2-13H,14H2,1H3,(H,24,25). The van der Waals surface area contributed by atoms with Crippen LogP contribution in [0.2, 0.25) is 0 Å². The summed E-state index contributed by atoms with van der Waals surface area (Å²) in [6.07, 6.45) is 0. The number of rotatable bonds is 4. The second kappa shape index (κ2) is 7.33. The summed E-state index contributed by atoms with van der Waals surface area (Å²) < 4.78 is 10.7. The number of fused-ring (bicyclic) bond motifs is 1. The van der Waals surface area contributed by atoms with Crippen molar-refractivity contribution in [2.75, 3.05) is 6.79 Å². The summed E-state index contributed by atoms with van der Waals surface area (Å²) in [6.45, 7) is 2.06. The van der Waals surface area contributed by atoms with E-state index in [4.69, 9.17) is 9.47 Å². The SMILES string of the molecule is CC(=NNC(=O)c1ccc(-c2ccccc2)cc1)c1ccc2c(c1)OCO2. The van der Waals surface area contributed by atoms with Gasteiger partial charge in [-0.2, -0.15) is 5.10 Å². The highest BCUT2D eigenvalue weighted by atomic mass is 16.7. The van der Waals surface area contributed by atoms with Gasteiger partial charge in [0.25, 0.3) is 5.91 Å². The Balaban J connectivity index is 1.45. The highest BCUT2D eigenvalue weighted by Gasteiger charge is 2.14. The summed E-state index contributed by atoms with van der Waals surface area (Å²) in [4.78, 5) is 12.4. The number of hydrazone groups is 1. The Labute approximate surface area is 157 Å².